The molecule has 0 saturated heterocycles. The molecule has 0 radical (unpaired) electrons. The molecule has 0 bridgehead atoms. The van der Waals surface area contributed by atoms with Crippen LogP contribution in [0, 0.1) is 5.92 Å². The summed E-state index contributed by atoms with van der Waals surface area (Å²) >= 11 is 0. The highest BCUT2D eigenvalue weighted by atomic mass is 15.1. The van der Waals surface area contributed by atoms with Crippen LogP contribution in [0.25, 0.3) is 0 Å². The van der Waals surface area contributed by atoms with Gasteiger partial charge in [-0.3, -0.25) is 0 Å². The van der Waals surface area contributed by atoms with E-state index in [1.165, 1.54) is 64.5 Å². The maximum absolute atomic E-state index is 3.61. The van der Waals surface area contributed by atoms with Crippen molar-refractivity contribution >= 4 is 0 Å². The molecule has 0 aromatic heterocycles. The van der Waals surface area contributed by atoms with Crippen LogP contribution in [0.3, 0.4) is 0 Å². The minimum absolute atomic E-state index is 0.761. The Kier molecular flexibility index (Phi) is 5.30. The highest BCUT2D eigenvalue weighted by Gasteiger charge is 2.21. The molecule has 2 fully saturated rings. The minimum atomic E-state index is 0.761. The van der Waals surface area contributed by atoms with Gasteiger partial charge in [-0.15, -0.1) is 0 Å². The number of nitrogens with one attached hydrogen (secondary N) is 1. The van der Waals surface area contributed by atoms with Gasteiger partial charge in [-0.2, -0.15) is 0 Å². The third kappa shape index (κ3) is 4.97. The van der Waals surface area contributed by atoms with Gasteiger partial charge in [0, 0.05) is 18.6 Å². The van der Waals surface area contributed by atoms with Gasteiger partial charge in [0.15, 0.2) is 0 Å². The predicted octanol–water partition coefficient (Wildman–Crippen LogP) is 3.03. The Bertz CT molecular complexity index is 207. The molecule has 0 spiro atoms. The number of rotatable bonds is 8. The van der Waals surface area contributed by atoms with Crippen molar-refractivity contribution in [1.82, 2.24) is 10.2 Å². The molecular formula is C15H30N2. The smallest absolute Gasteiger partial charge is 0.00682 e. The van der Waals surface area contributed by atoms with Crippen molar-refractivity contribution in [1.29, 1.82) is 0 Å². The van der Waals surface area contributed by atoms with Crippen LogP contribution in [-0.4, -0.2) is 37.1 Å². The summed E-state index contributed by atoms with van der Waals surface area (Å²) in [6, 6.07) is 1.64. The second-order valence-electron chi connectivity index (χ2n) is 6.31. The molecule has 100 valence electrons. The molecular weight excluding hydrogens is 208 g/mol. The van der Waals surface area contributed by atoms with Crippen LogP contribution in [0.4, 0.5) is 0 Å². The lowest BCUT2D eigenvalue weighted by Gasteiger charge is -2.27. The van der Waals surface area contributed by atoms with Crippen molar-refractivity contribution in [2.24, 2.45) is 5.92 Å². The fraction of sp³-hybridized carbons (Fsp3) is 1.00. The van der Waals surface area contributed by atoms with Gasteiger partial charge in [0.25, 0.3) is 0 Å². The van der Waals surface area contributed by atoms with E-state index in [2.05, 4.69) is 24.2 Å². The van der Waals surface area contributed by atoms with Gasteiger partial charge in [-0.1, -0.05) is 12.8 Å². The molecule has 0 aromatic carbocycles. The summed E-state index contributed by atoms with van der Waals surface area (Å²) in [5.41, 5.74) is 0. The van der Waals surface area contributed by atoms with E-state index < -0.39 is 0 Å². The Balaban J connectivity index is 1.51. The van der Waals surface area contributed by atoms with Gasteiger partial charge in [0.1, 0.15) is 0 Å². The van der Waals surface area contributed by atoms with Crippen LogP contribution in [0.5, 0.6) is 0 Å². The Morgan fingerprint density at radius 1 is 1.18 bits per heavy atom. The number of nitrogens with zero attached hydrogens (tertiary/aromatic N) is 1. The van der Waals surface area contributed by atoms with Crippen molar-refractivity contribution in [2.45, 2.75) is 70.4 Å². The van der Waals surface area contributed by atoms with Gasteiger partial charge in [-0.25, -0.2) is 0 Å². The topological polar surface area (TPSA) is 15.3 Å². The zero-order valence-electron chi connectivity index (χ0n) is 11.8. The van der Waals surface area contributed by atoms with E-state index in [9.17, 15) is 0 Å². The Morgan fingerprint density at radius 3 is 2.53 bits per heavy atom. The predicted molar refractivity (Wildman–Crippen MR) is 74.3 cm³/mol. The summed E-state index contributed by atoms with van der Waals surface area (Å²) < 4.78 is 0. The van der Waals surface area contributed by atoms with Crippen LogP contribution in [0.2, 0.25) is 0 Å². The SMILES string of the molecule is CC(CCCNC1CC1)N(C)CC1CCCC1. The number of hydrogen-bond donors (Lipinski definition) is 1. The molecule has 2 aliphatic carbocycles. The molecule has 17 heavy (non-hydrogen) atoms. The van der Waals surface area contributed by atoms with Crippen LogP contribution in [-0.2, 0) is 0 Å². The first-order valence-corrected chi connectivity index (χ1v) is 7.69. The molecule has 0 aliphatic heterocycles. The molecule has 0 heterocycles. The average molecular weight is 238 g/mol. The molecule has 2 nitrogen and oxygen atoms in total. The van der Waals surface area contributed by atoms with E-state index in [4.69, 9.17) is 0 Å². The van der Waals surface area contributed by atoms with E-state index in [0.29, 0.717) is 0 Å². The maximum atomic E-state index is 3.61. The standard InChI is InChI=1S/C15H30N2/c1-13(6-5-11-16-15-9-10-15)17(2)12-14-7-3-4-8-14/h13-16H,3-12H2,1-2H3. The molecule has 0 amide bonds. The minimum Gasteiger partial charge on any atom is -0.314 e. The zero-order valence-corrected chi connectivity index (χ0v) is 11.8. The van der Waals surface area contributed by atoms with Gasteiger partial charge >= 0.3 is 0 Å². The van der Waals surface area contributed by atoms with Crippen LogP contribution in [0.1, 0.15) is 58.3 Å². The first-order chi connectivity index (χ1) is 8.25. The van der Waals surface area contributed by atoms with Crippen molar-refractivity contribution in [2.75, 3.05) is 20.1 Å². The van der Waals surface area contributed by atoms with Gasteiger partial charge in [-0.05, 0) is 65.0 Å². The van der Waals surface area contributed by atoms with Crippen LogP contribution < -0.4 is 5.32 Å². The first kappa shape index (κ1) is 13.4. The Morgan fingerprint density at radius 2 is 1.88 bits per heavy atom. The van der Waals surface area contributed by atoms with Crippen LogP contribution >= 0.6 is 0 Å². The molecule has 0 aromatic rings. The molecule has 2 heteroatoms. The van der Waals surface area contributed by atoms with Crippen molar-refractivity contribution in [3.05, 3.63) is 0 Å². The highest BCUT2D eigenvalue weighted by molar-refractivity contribution is 4.80. The molecule has 1 unspecified atom stereocenters. The summed E-state index contributed by atoms with van der Waals surface area (Å²) in [7, 11) is 2.32. The summed E-state index contributed by atoms with van der Waals surface area (Å²) in [4.78, 5) is 2.59. The van der Waals surface area contributed by atoms with Gasteiger partial charge < -0.3 is 10.2 Å². The van der Waals surface area contributed by atoms with Crippen LogP contribution in [0.15, 0.2) is 0 Å². The first-order valence-electron chi connectivity index (χ1n) is 7.69. The lowest BCUT2D eigenvalue weighted by atomic mass is 10.1. The lowest BCUT2D eigenvalue weighted by Crippen LogP contribution is -2.33. The Labute approximate surface area is 107 Å². The highest BCUT2D eigenvalue weighted by Crippen LogP contribution is 2.26. The summed E-state index contributed by atoms with van der Waals surface area (Å²) in [5, 5.41) is 3.61. The van der Waals surface area contributed by atoms with Gasteiger partial charge in [0.05, 0.1) is 0 Å². The van der Waals surface area contributed by atoms with E-state index in [1.807, 2.05) is 0 Å². The van der Waals surface area contributed by atoms with Crippen molar-refractivity contribution < 1.29 is 0 Å². The molecule has 1 atom stereocenters. The second-order valence-corrected chi connectivity index (χ2v) is 6.31. The summed E-state index contributed by atoms with van der Waals surface area (Å²) in [6.45, 7) is 4.95. The monoisotopic (exact) mass is 238 g/mol. The van der Waals surface area contributed by atoms with Crippen molar-refractivity contribution in [3.63, 3.8) is 0 Å². The average Bonchev–Trinajstić information content (AvgIpc) is 3.01. The molecule has 2 aliphatic rings. The fourth-order valence-corrected chi connectivity index (χ4v) is 2.99. The largest absolute Gasteiger partial charge is 0.314 e. The summed E-state index contributed by atoms with van der Waals surface area (Å²) in [5.74, 6) is 0.993. The Hall–Kier alpha value is -0.0800. The second kappa shape index (κ2) is 6.75. The lowest BCUT2D eigenvalue weighted by molar-refractivity contribution is 0.207. The fourth-order valence-electron chi connectivity index (χ4n) is 2.99. The van der Waals surface area contributed by atoms with Crippen molar-refractivity contribution in [3.8, 4) is 0 Å². The quantitative estimate of drug-likeness (QED) is 0.654. The van der Waals surface area contributed by atoms with Gasteiger partial charge in [0.2, 0.25) is 0 Å². The molecule has 2 rings (SSSR count). The summed E-state index contributed by atoms with van der Waals surface area (Å²) in [6.07, 6.45) is 11.4. The molecule has 1 N–H and O–H groups in total. The maximum Gasteiger partial charge on any atom is 0.00682 e. The number of hydrogen-bond acceptors (Lipinski definition) is 2. The normalized spacial score (nSPS) is 23.5. The molecule has 2 saturated carbocycles. The van der Waals surface area contributed by atoms with E-state index >= 15 is 0 Å². The zero-order chi connectivity index (χ0) is 12.1. The third-order valence-electron chi connectivity index (χ3n) is 4.58. The van der Waals surface area contributed by atoms with E-state index in [1.54, 1.807) is 0 Å². The third-order valence-corrected chi connectivity index (χ3v) is 4.58. The van der Waals surface area contributed by atoms with E-state index in [-0.39, 0.29) is 0 Å². The van der Waals surface area contributed by atoms with E-state index in [0.717, 1.165) is 18.0 Å².